The maximum Gasteiger partial charge on any atom is 0.407 e. The van der Waals surface area contributed by atoms with E-state index in [0.29, 0.717) is 30.3 Å². The molecule has 1 amide bonds. The fourth-order valence-corrected chi connectivity index (χ4v) is 2.86. The van der Waals surface area contributed by atoms with E-state index in [0.717, 1.165) is 0 Å². The van der Waals surface area contributed by atoms with Gasteiger partial charge in [0.05, 0.1) is 4.92 Å². The number of carbonyl (C=O) groups is 1. The highest BCUT2D eigenvalue weighted by Crippen LogP contribution is 2.23. The van der Waals surface area contributed by atoms with Crippen molar-refractivity contribution in [3.63, 3.8) is 0 Å². The third kappa shape index (κ3) is 4.28. The van der Waals surface area contributed by atoms with E-state index in [1.165, 1.54) is 11.0 Å². The fourth-order valence-electron chi connectivity index (χ4n) is 2.60. The van der Waals surface area contributed by atoms with Crippen LogP contribution in [0.3, 0.4) is 0 Å². The number of para-hydroxylation sites is 2. The Hall–Kier alpha value is -2.42. The maximum absolute atomic E-state index is 11.0. The molecule has 0 aromatic heterocycles. The zero-order valence-corrected chi connectivity index (χ0v) is 13.4. The number of nitro groups is 1. The van der Waals surface area contributed by atoms with E-state index in [-0.39, 0.29) is 17.6 Å². The van der Waals surface area contributed by atoms with Crippen molar-refractivity contribution in [3.8, 4) is 0 Å². The quantitative estimate of drug-likeness (QED) is 0.441. The summed E-state index contributed by atoms with van der Waals surface area (Å²) in [6.45, 7) is 2.81. The van der Waals surface area contributed by atoms with Crippen molar-refractivity contribution < 1.29 is 14.8 Å². The number of nitro benzene ring substituents is 1. The van der Waals surface area contributed by atoms with Gasteiger partial charge in [0.25, 0.3) is 5.69 Å². The van der Waals surface area contributed by atoms with Crippen molar-refractivity contribution in [3.05, 3.63) is 34.4 Å². The van der Waals surface area contributed by atoms with E-state index in [1.807, 2.05) is 6.92 Å². The molecule has 1 aliphatic heterocycles. The Morgan fingerprint density at radius 3 is 2.78 bits per heavy atom. The highest BCUT2D eigenvalue weighted by atomic mass is 32.1. The number of nitrogens with zero attached hydrogens (tertiary/aromatic N) is 2. The van der Waals surface area contributed by atoms with Crippen molar-refractivity contribution in [1.82, 2.24) is 10.2 Å². The normalized spacial score (nSPS) is 20.7. The van der Waals surface area contributed by atoms with Gasteiger partial charge in [-0.2, -0.15) is 0 Å². The van der Waals surface area contributed by atoms with Crippen molar-refractivity contribution in [2.45, 2.75) is 19.4 Å². The summed E-state index contributed by atoms with van der Waals surface area (Å²) in [5, 5.41) is 26.2. The number of likely N-dealkylation sites (tertiary alicyclic amines) is 1. The van der Waals surface area contributed by atoms with Gasteiger partial charge in [0, 0.05) is 25.2 Å². The molecule has 2 rings (SSSR count). The van der Waals surface area contributed by atoms with E-state index < -0.39 is 11.0 Å². The molecule has 1 saturated heterocycles. The Labute approximate surface area is 138 Å². The minimum atomic E-state index is -0.920. The van der Waals surface area contributed by atoms with Crippen molar-refractivity contribution in [2.24, 2.45) is 5.92 Å². The standard InChI is InChI=1S/C14H18N4O4S/c1-9-8-17(14(19)20)7-6-10(9)15-13(23)16-11-4-2-3-5-12(11)18(21)22/h2-5,9-10H,6-8H2,1H3,(H,19,20)(H2,15,16,23). The molecule has 23 heavy (non-hydrogen) atoms. The number of hydrogen-bond donors (Lipinski definition) is 3. The van der Waals surface area contributed by atoms with E-state index in [4.69, 9.17) is 17.3 Å². The number of piperidine rings is 1. The van der Waals surface area contributed by atoms with Crippen molar-refractivity contribution in [1.29, 1.82) is 0 Å². The molecule has 1 fully saturated rings. The zero-order chi connectivity index (χ0) is 17.0. The van der Waals surface area contributed by atoms with Gasteiger partial charge in [-0.15, -0.1) is 0 Å². The second-order valence-electron chi connectivity index (χ2n) is 5.47. The van der Waals surface area contributed by atoms with Crippen LogP contribution in [-0.2, 0) is 0 Å². The van der Waals surface area contributed by atoms with Crippen LogP contribution >= 0.6 is 12.2 Å². The van der Waals surface area contributed by atoms with Gasteiger partial charge in [0.15, 0.2) is 5.11 Å². The molecule has 0 radical (unpaired) electrons. The Balaban J connectivity index is 1.96. The summed E-state index contributed by atoms with van der Waals surface area (Å²) in [5.74, 6) is 0.0883. The molecule has 1 aromatic carbocycles. The first kappa shape index (κ1) is 16.9. The molecule has 0 bridgehead atoms. The summed E-state index contributed by atoms with van der Waals surface area (Å²) in [6, 6.07) is 6.28. The summed E-state index contributed by atoms with van der Waals surface area (Å²) in [4.78, 5) is 22.9. The predicted molar refractivity (Wildman–Crippen MR) is 89.6 cm³/mol. The lowest BCUT2D eigenvalue weighted by atomic mass is 9.94. The number of thiocarbonyl (C=S) groups is 1. The van der Waals surface area contributed by atoms with Crippen LogP contribution in [0, 0.1) is 16.0 Å². The van der Waals surface area contributed by atoms with Crippen LogP contribution < -0.4 is 10.6 Å². The van der Waals surface area contributed by atoms with E-state index in [1.54, 1.807) is 18.2 Å². The third-order valence-corrected chi connectivity index (χ3v) is 4.06. The summed E-state index contributed by atoms with van der Waals surface area (Å²) < 4.78 is 0. The third-order valence-electron chi connectivity index (χ3n) is 3.84. The summed E-state index contributed by atoms with van der Waals surface area (Å²) in [5.41, 5.74) is 0.274. The number of amides is 1. The van der Waals surface area contributed by atoms with E-state index in [2.05, 4.69) is 10.6 Å². The fraction of sp³-hybridized carbons (Fsp3) is 0.429. The molecule has 0 saturated carbocycles. The van der Waals surface area contributed by atoms with Crippen LogP contribution in [0.1, 0.15) is 13.3 Å². The Morgan fingerprint density at radius 1 is 1.48 bits per heavy atom. The lowest BCUT2D eigenvalue weighted by molar-refractivity contribution is -0.383. The highest BCUT2D eigenvalue weighted by molar-refractivity contribution is 7.80. The molecule has 0 spiro atoms. The van der Waals surface area contributed by atoms with Crippen LogP contribution in [0.2, 0.25) is 0 Å². The van der Waals surface area contributed by atoms with Gasteiger partial charge >= 0.3 is 6.09 Å². The minimum Gasteiger partial charge on any atom is -0.465 e. The molecular formula is C14H18N4O4S. The SMILES string of the molecule is CC1CN(C(=O)O)CCC1NC(=S)Nc1ccccc1[N+](=O)[O-]. The summed E-state index contributed by atoms with van der Waals surface area (Å²) in [7, 11) is 0. The van der Waals surface area contributed by atoms with Gasteiger partial charge < -0.3 is 20.6 Å². The first-order valence-corrected chi connectivity index (χ1v) is 7.58. The van der Waals surface area contributed by atoms with Crippen LogP contribution in [0.4, 0.5) is 16.2 Å². The van der Waals surface area contributed by atoms with E-state index in [9.17, 15) is 14.9 Å². The minimum absolute atomic E-state index is 0.0216. The largest absolute Gasteiger partial charge is 0.465 e. The molecular weight excluding hydrogens is 320 g/mol. The second-order valence-corrected chi connectivity index (χ2v) is 5.88. The van der Waals surface area contributed by atoms with E-state index >= 15 is 0 Å². The van der Waals surface area contributed by atoms with Crippen molar-refractivity contribution >= 4 is 34.8 Å². The molecule has 1 aromatic rings. The number of anilines is 1. The number of rotatable bonds is 3. The molecule has 124 valence electrons. The lowest BCUT2D eigenvalue weighted by Crippen LogP contribution is -2.52. The maximum atomic E-state index is 11.0. The number of carboxylic acid groups (broad SMARTS) is 1. The molecule has 2 atom stereocenters. The molecule has 8 nitrogen and oxygen atoms in total. The molecule has 1 aliphatic rings. The van der Waals surface area contributed by atoms with Gasteiger partial charge in [0.2, 0.25) is 0 Å². The zero-order valence-electron chi connectivity index (χ0n) is 12.6. The number of nitrogens with one attached hydrogen (secondary N) is 2. The molecule has 1 heterocycles. The molecule has 2 unspecified atom stereocenters. The monoisotopic (exact) mass is 338 g/mol. The van der Waals surface area contributed by atoms with Crippen LogP contribution in [0.25, 0.3) is 0 Å². The number of benzene rings is 1. The first-order valence-electron chi connectivity index (χ1n) is 7.17. The van der Waals surface area contributed by atoms with Crippen LogP contribution in [0.5, 0.6) is 0 Å². The highest BCUT2D eigenvalue weighted by Gasteiger charge is 2.29. The smallest absolute Gasteiger partial charge is 0.407 e. The van der Waals surface area contributed by atoms with Gasteiger partial charge in [-0.05, 0) is 30.6 Å². The average molecular weight is 338 g/mol. The molecule has 0 aliphatic carbocycles. The second kappa shape index (κ2) is 7.23. The van der Waals surface area contributed by atoms with Crippen LogP contribution in [0.15, 0.2) is 24.3 Å². The Morgan fingerprint density at radius 2 is 2.17 bits per heavy atom. The number of hydrogen-bond acceptors (Lipinski definition) is 4. The van der Waals surface area contributed by atoms with Gasteiger partial charge in [-0.1, -0.05) is 19.1 Å². The first-order chi connectivity index (χ1) is 10.9. The van der Waals surface area contributed by atoms with Gasteiger partial charge in [0.1, 0.15) is 5.69 Å². The van der Waals surface area contributed by atoms with Gasteiger partial charge in [-0.25, -0.2) is 4.79 Å². The summed E-state index contributed by atoms with van der Waals surface area (Å²) >= 11 is 5.22. The summed E-state index contributed by atoms with van der Waals surface area (Å²) in [6.07, 6.45) is -0.289. The molecule has 9 heteroatoms. The Bertz CT molecular complexity index is 625. The average Bonchev–Trinajstić information content (AvgIpc) is 2.49. The van der Waals surface area contributed by atoms with Crippen molar-refractivity contribution in [2.75, 3.05) is 18.4 Å². The predicted octanol–water partition coefficient (Wildman–Crippen LogP) is 2.27. The molecule has 3 N–H and O–H groups in total. The lowest BCUT2D eigenvalue weighted by Gasteiger charge is -2.36. The topological polar surface area (TPSA) is 108 Å². The van der Waals surface area contributed by atoms with Crippen LogP contribution in [-0.4, -0.2) is 45.3 Å². The van der Waals surface area contributed by atoms with Gasteiger partial charge in [-0.3, -0.25) is 10.1 Å². The Kier molecular flexibility index (Phi) is 5.32.